The Morgan fingerprint density at radius 2 is 1.71 bits per heavy atom. The van der Waals surface area contributed by atoms with E-state index in [9.17, 15) is 17.6 Å². The first kappa shape index (κ1) is 12.0. The number of hydrogen-bond donors (Lipinski definition) is 0. The monoisotopic (exact) mass is 309 g/mol. The molecule has 0 radical (unpaired) electrons. The van der Waals surface area contributed by atoms with Gasteiger partial charge in [0.2, 0.25) is 0 Å². The maximum absolute atomic E-state index is 13.4. The van der Waals surface area contributed by atoms with Crippen LogP contribution in [0.15, 0.2) is 12.3 Å². The van der Waals surface area contributed by atoms with Crippen molar-refractivity contribution in [3.8, 4) is 5.69 Å². The highest BCUT2D eigenvalue weighted by molar-refractivity contribution is 9.08. The quantitative estimate of drug-likeness (QED) is 0.485. The Kier molecular flexibility index (Phi) is 3.14. The SMILES string of the molecule is Fc1cc(F)c(F)c(-n2cc(CBr)nn2)c1F. The van der Waals surface area contributed by atoms with Gasteiger partial charge in [0.1, 0.15) is 5.69 Å². The van der Waals surface area contributed by atoms with E-state index in [1.807, 2.05) is 0 Å². The summed E-state index contributed by atoms with van der Waals surface area (Å²) in [5.41, 5.74) is -0.560. The van der Waals surface area contributed by atoms with Gasteiger partial charge in [0.15, 0.2) is 23.3 Å². The fraction of sp³-hybridized carbons (Fsp3) is 0.111. The zero-order valence-corrected chi connectivity index (χ0v) is 9.68. The van der Waals surface area contributed by atoms with Crippen molar-refractivity contribution in [3.05, 3.63) is 41.2 Å². The molecule has 2 rings (SSSR count). The van der Waals surface area contributed by atoms with Gasteiger partial charge in [-0.1, -0.05) is 21.1 Å². The molecule has 0 aliphatic heterocycles. The number of alkyl halides is 1. The first-order valence-electron chi connectivity index (χ1n) is 4.35. The second-order valence-electron chi connectivity index (χ2n) is 3.10. The van der Waals surface area contributed by atoms with Crippen LogP contribution in [-0.2, 0) is 5.33 Å². The Labute approximate surface area is 101 Å². The van der Waals surface area contributed by atoms with E-state index >= 15 is 0 Å². The predicted molar refractivity (Wildman–Crippen MR) is 53.8 cm³/mol. The molecule has 0 saturated carbocycles. The van der Waals surface area contributed by atoms with Crippen LogP contribution >= 0.6 is 15.9 Å². The van der Waals surface area contributed by atoms with Crippen LogP contribution in [0.1, 0.15) is 5.69 Å². The molecule has 0 fully saturated rings. The summed E-state index contributed by atoms with van der Waals surface area (Å²) in [5, 5.41) is 7.22. The molecule has 0 aliphatic carbocycles. The Bertz CT molecular complexity index is 543. The van der Waals surface area contributed by atoms with Crippen molar-refractivity contribution in [1.29, 1.82) is 0 Å². The van der Waals surface area contributed by atoms with Gasteiger partial charge in [-0.05, 0) is 0 Å². The van der Waals surface area contributed by atoms with Crippen molar-refractivity contribution >= 4 is 15.9 Å². The van der Waals surface area contributed by atoms with Crippen LogP contribution in [-0.4, -0.2) is 15.0 Å². The molecule has 0 spiro atoms. The molecule has 1 aromatic carbocycles. The minimum Gasteiger partial charge on any atom is -0.214 e. The molecule has 17 heavy (non-hydrogen) atoms. The fourth-order valence-corrected chi connectivity index (χ4v) is 1.49. The Hall–Kier alpha value is -1.44. The topological polar surface area (TPSA) is 30.7 Å². The van der Waals surface area contributed by atoms with Gasteiger partial charge in [0.25, 0.3) is 0 Å². The summed E-state index contributed by atoms with van der Waals surface area (Å²) < 4.78 is 53.2. The van der Waals surface area contributed by atoms with E-state index in [-0.39, 0.29) is 6.07 Å². The van der Waals surface area contributed by atoms with E-state index in [0.717, 1.165) is 6.20 Å². The molecule has 0 N–H and O–H groups in total. The Morgan fingerprint density at radius 3 is 2.18 bits per heavy atom. The molecule has 90 valence electrons. The molecule has 8 heteroatoms. The number of halogens is 5. The van der Waals surface area contributed by atoms with E-state index < -0.39 is 29.0 Å². The van der Waals surface area contributed by atoms with E-state index in [2.05, 4.69) is 26.2 Å². The number of benzene rings is 1. The van der Waals surface area contributed by atoms with E-state index in [4.69, 9.17) is 0 Å². The lowest BCUT2D eigenvalue weighted by atomic mass is 10.2. The first-order chi connectivity index (χ1) is 8.04. The van der Waals surface area contributed by atoms with Crippen molar-refractivity contribution in [2.75, 3.05) is 0 Å². The molecule has 0 atom stereocenters. The van der Waals surface area contributed by atoms with Crippen molar-refractivity contribution in [2.24, 2.45) is 0 Å². The molecule has 2 aromatic rings. The summed E-state index contributed by atoms with van der Waals surface area (Å²) >= 11 is 3.06. The summed E-state index contributed by atoms with van der Waals surface area (Å²) in [6, 6.07) is 0.135. The van der Waals surface area contributed by atoms with Gasteiger partial charge in [-0.2, -0.15) is 0 Å². The molecule has 0 aliphatic rings. The molecular weight excluding hydrogens is 306 g/mol. The van der Waals surface area contributed by atoms with E-state index in [1.54, 1.807) is 0 Å². The van der Waals surface area contributed by atoms with Crippen molar-refractivity contribution in [2.45, 2.75) is 5.33 Å². The highest BCUT2D eigenvalue weighted by atomic mass is 79.9. The Balaban J connectivity index is 2.65. The van der Waals surface area contributed by atoms with Gasteiger partial charge in [0, 0.05) is 11.4 Å². The minimum absolute atomic E-state index is 0.135. The summed E-state index contributed by atoms with van der Waals surface area (Å²) in [5.74, 6) is -6.02. The second kappa shape index (κ2) is 4.44. The lowest BCUT2D eigenvalue weighted by Crippen LogP contribution is -2.07. The fourth-order valence-electron chi connectivity index (χ4n) is 1.23. The molecule has 0 bridgehead atoms. The number of rotatable bonds is 2. The van der Waals surface area contributed by atoms with Gasteiger partial charge in [0.05, 0.1) is 11.9 Å². The molecule has 0 unspecified atom stereocenters. The van der Waals surface area contributed by atoms with Crippen LogP contribution in [0.4, 0.5) is 17.6 Å². The lowest BCUT2D eigenvalue weighted by Gasteiger charge is -2.05. The van der Waals surface area contributed by atoms with Gasteiger partial charge in [-0.3, -0.25) is 0 Å². The molecule has 0 saturated heterocycles. The maximum atomic E-state index is 13.4. The second-order valence-corrected chi connectivity index (χ2v) is 3.67. The zero-order chi connectivity index (χ0) is 12.6. The molecule has 1 heterocycles. The van der Waals surface area contributed by atoms with Crippen LogP contribution in [0.25, 0.3) is 5.69 Å². The summed E-state index contributed by atoms with van der Waals surface area (Å²) in [6.45, 7) is 0. The van der Waals surface area contributed by atoms with E-state index in [1.165, 1.54) is 0 Å². The van der Waals surface area contributed by atoms with Crippen molar-refractivity contribution in [1.82, 2.24) is 15.0 Å². The number of hydrogen-bond acceptors (Lipinski definition) is 2. The summed E-state index contributed by atoms with van der Waals surface area (Å²) in [7, 11) is 0. The van der Waals surface area contributed by atoms with Crippen LogP contribution in [0, 0.1) is 23.3 Å². The number of aromatic nitrogens is 3. The zero-order valence-electron chi connectivity index (χ0n) is 8.09. The summed E-state index contributed by atoms with van der Waals surface area (Å²) in [4.78, 5) is 0. The molecular formula is C9H4BrF4N3. The smallest absolute Gasteiger partial charge is 0.187 e. The lowest BCUT2D eigenvalue weighted by molar-refractivity contribution is 0.443. The van der Waals surface area contributed by atoms with Crippen molar-refractivity contribution < 1.29 is 17.6 Å². The van der Waals surface area contributed by atoms with Crippen LogP contribution in [0.2, 0.25) is 0 Å². The van der Waals surface area contributed by atoms with Crippen LogP contribution in [0.3, 0.4) is 0 Å². The van der Waals surface area contributed by atoms with Crippen LogP contribution in [0.5, 0.6) is 0 Å². The van der Waals surface area contributed by atoms with Crippen molar-refractivity contribution in [3.63, 3.8) is 0 Å². The van der Waals surface area contributed by atoms with E-state index in [0.29, 0.717) is 15.7 Å². The summed E-state index contributed by atoms with van der Waals surface area (Å²) in [6.07, 6.45) is 1.16. The average molecular weight is 310 g/mol. The third-order valence-corrected chi connectivity index (χ3v) is 2.57. The molecule has 3 nitrogen and oxygen atoms in total. The average Bonchev–Trinajstić information content (AvgIpc) is 2.75. The standard InChI is InChI=1S/C9H4BrF4N3/c10-2-4-3-17(16-15-4)9-7(13)5(11)1-6(12)8(9)14/h1,3H,2H2. The molecule has 0 amide bonds. The largest absolute Gasteiger partial charge is 0.214 e. The third-order valence-electron chi connectivity index (χ3n) is 2.00. The van der Waals surface area contributed by atoms with Gasteiger partial charge in [-0.25, -0.2) is 22.2 Å². The minimum atomic E-state index is -1.52. The Morgan fingerprint density at radius 1 is 1.12 bits per heavy atom. The van der Waals surface area contributed by atoms with Gasteiger partial charge < -0.3 is 0 Å². The van der Waals surface area contributed by atoms with Gasteiger partial charge in [-0.15, -0.1) is 5.10 Å². The highest BCUT2D eigenvalue weighted by Crippen LogP contribution is 2.22. The first-order valence-corrected chi connectivity index (χ1v) is 5.47. The van der Waals surface area contributed by atoms with Gasteiger partial charge >= 0.3 is 0 Å². The third kappa shape index (κ3) is 2.04. The number of nitrogens with zero attached hydrogens (tertiary/aromatic N) is 3. The normalized spacial score (nSPS) is 10.9. The molecule has 1 aromatic heterocycles. The maximum Gasteiger partial charge on any atom is 0.187 e. The van der Waals surface area contributed by atoms with Crippen LogP contribution < -0.4 is 0 Å². The predicted octanol–water partition coefficient (Wildman–Crippen LogP) is 2.72. The highest BCUT2D eigenvalue weighted by Gasteiger charge is 2.21.